The molecule has 3 rings (SSSR count). The summed E-state index contributed by atoms with van der Waals surface area (Å²) in [4.78, 5) is 34.3. The van der Waals surface area contributed by atoms with E-state index in [0.29, 0.717) is 16.2 Å². The Bertz CT molecular complexity index is 1090. The van der Waals surface area contributed by atoms with Crippen LogP contribution in [-0.4, -0.2) is 16.7 Å². The minimum absolute atomic E-state index is 0.0201. The molecule has 0 atom stereocenters. The Balaban J connectivity index is 1.66. The van der Waals surface area contributed by atoms with E-state index < -0.39 is 16.7 Å². The number of halogens is 1. The average molecular weight is 402 g/mol. The maximum atomic E-state index is 12.2. The Morgan fingerprint density at radius 1 is 1.18 bits per heavy atom. The van der Waals surface area contributed by atoms with E-state index in [9.17, 15) is 19.7 Å². The summed E-state index contributed by atoms with van der Waals surface area (Å²) in [5.41, 5.74) is 7.64. The summed E-state index contributed by atoms with van der Waals surface area (Å²) >= 11 is 6.28. The Hall–Kier alpha value is -3.39. The fraction of sp³-hybridized carbons (Fsp3) is 0.158. The molecule has 1 aromatic heterocycles. The number of benzene rings is 2. The largest absolute Gasteiger partial charge is 0.464 e. The second kappa shape index (κ2) is 7.69. The highest BCUT2D eigenvalue weighted by Gasteiger charge is 2.16. The van der Waals surface area contributed by atoms with Crippen LogP contribution in [-0.2, 0) is 11.2 Å². The van der Waals surface area contributed by atoms with Crippen LogP contribution in [0.5, 0.6) is 0 Å². The van der Waals surface area contributed by atoms with Crippen LogP contribution in [0.25, 0.3) is 11.0 Å². The van der Waals surface area contributed by atoms with Crippen LogP contribution >= 0.6 is 11.6 Å². The first-order chi connectivity index (χ1) is 13.3. The Morgan fingerprint density at radius 3 is 2.50 bits per heavy atom. The van der Waals surface area contributed by atoms with Crippen LogP contribution in [0.1, 0.15) is 27.0 Å². The van der Waals surface area contributed by atoms with Crippen molar-refractivity contribution >= 4 is 40.1 Å². The van der Waals surface area contributed by atoms with Crippen LogP contribution in [0, 0.1) is 24.0 Å². The number of rotatable bonds is 4. The van der Waals surface area contributed by atoms with Gasteiger partial charge in [-0.2, -0.15) is 0 Å². The van der Waals surface area contributed by atoms with E-state index >= 15 is 0 Å². The van der Waals surface area contributed by atoms with E-state index in [4.69, 9.17) is 16.0 Å². The molecule has 0 aliphatic carbocycles. The number of furan rings is 1. The third-order valence-electron chi connectivity index (χ3n) is 4.30. The van der Waals surface area contributed by atoms with Gasteiger partial charge in [-0.15, -0.1) is 0 Å². The zero-order valence-electron chi connectivity index (χ0n) is 15.0. The van der Waals surface area contributed by atoms with E-state index in [2.05, 4.69) is 10.9 Å². The molecule has 0 saturated heterocycles. The molecule has 1 heterocycles. The zero-order valence-corrected chi connectivity index (χ0v) is 15.8. The predicted octanol–water partition coefficient (Wildman–Crippen LogP) is 3.61. The number of non-ortho nitro benzene ring substituents is 1. The highest BCUT2D eigenvalue weighted by Crippen LogP contribution is 2.32. The number of amides is 2. The number of nitrogens with one attached hydrogen (secondary N) is 2. The second-order valence-corrected chi connectivity index (χ2v) is 6.63. The molecule has 0 bridgehead atoms. The van der Waals surface area contributed by atoms with Crippen molar-refractivity contribution in [2.45, 2.75) is 20.3 Å². The quantitative estimate of drug-likeness (QED) is 0.512. The highest BCUT2D eigenvalue weighted by atomic mass is 35.5. The molecule has 0 spiro atoms. The molecule has 0 unspecified atom stereocenters. The third-order valence-corrected chi connectivity index (χ3v) is 4.88. The van der Waals surface area contributed by atoms with Gasteiger partial charge in [0, 0.05) is 33.7 Å². The van der Waals surface area contributed by atoms with Crippen LogP contribution < -0.4 is 10.9 Å². The number of hydrogen-bond acceptors (Lipinski definition) is 5. The van der Waals surface area contributed by atoms with Gasteiger partial charge in [0.2, 0.25) is 5.91 Å². The normalized spacial score (nSPS) is 10.7. The summed E-state index contributed by atoms with van der Waals surface area (Å²) in [7, 11) is 0. The average Bonchev–Trinajstić information content (AvgIpc) is 3.06. The van der Waals surface area contributed by atoms with Gasteiger partial charge in [-0.25, -0.2) is 0 Å². The fourth-order valence-corrected chi connectivity index (χ4v) is 3.04. The number of fused-ring (bicyclic) bond motifs is 1. The number of hydrogen-bond donors (Lipinski definition) is 2. The van der Waals surface area contributed by atoms with E-state index in [1.165, 1.54) is 30.5 Å². The SMILES string of the molecule is Cc1cc2occ(CC(=O)NNC(=O)c3ccc([N+](=O)[O-])cc3)c2c(C)c1Cl. The van der Waals surface area contributed by atoms with Crippen molar-refractivity contribution in [1.82, 2.24) is 10.9 Å². The number of nitro groups is 1. The molecule has 0 aliphatic rings. The van der Waals surface area contributed by atoms with Gasteiger partial charge in [0.15, 0.2) is 0 Å². The maximum Gasteiger partial charge on any atom is 0.269 e. The maximum absolute atomic E-state index is 12.2. The molecule has 144 valence electrons. The molecule has 3 aromatic rings. The minimum atomic E-state index is -0.588. The van der Waals surface area contributed by atoms with Crippen LogP contribution in [0.3, 0.4) is 0 Å². The van der Waals surface area contributed by atoms with Crippen molar-refractivity contribution in [3.63, 3.8) is 0 Å². The summed E-state index contributed by atoms with van der Waals surface area (Å²) in [6, 6.07) is 6.84. The molecule has 2 N–H and O–H groups in total. The second-order valence-electron chi connectivity index (χ2n) is 6.25. The van der Waals surface area contributed by atoms with Crippen molar-refractivity contribution in [3.8, 4) is 0 Å². The summed E-state index contributed by atoms with van der Waals surface area (Å²) in [5.74, 6) is -1.04. The van der Waals surface area contributed by atoms with Gasteiger partial charge in [-0.1, -0.05) is 11.6 Å². The van der Waals surface area contributed by atoms with Gasteiger partial charge in [-0.3, -0.25) is 30.6 Å². The smallest absolute Gasteiger partial charge is 0.269 e. The highest BCUT2D eigenvalue weighted by molar-refractivity contribution is 6.33. The fourth-order valence-electron chi connectivity index (χ4n) is 2.89. The van der Waals surface area contributed by atoms with Crippen molar-refractivity contribution in [2.75, 3.05) is 0 Å². The van der Waals surface area contributed by atoms with Gasteiger partial charge in [0.05, 0.1) is 17.6 Å². The van der Waals surface area contributed by atoms with Gasteiger partial charge in [0.25, 0.3) is 11.6 Å². The number of carbonyl (C=O) groups is 2. The topological polar surface area (TPSA) is 114 Å². The molecule has 0 fully saturated rings. The first kappa shape index (κ1) is 19.4. The lowest BCUT2D eigenvalue weighted by molar-refractivity contribution is -0.384. The Labute approximate surface area is 164 Å². The van der Waals surface area contributed by atoms with Crippen molar-refractivity contribution in [1.29, 1.82) is 0 Å². The van der Waals surface area contributed by atoms with Crippen molar-refractivity contribution in [2.24, 2.45) is 0 Å². The number of carbonyl (C=O) groups excluding carboxylic acids is 2. The van der Waals surface area contributed by atoms with Crippen molar-refractivity contribution in [3.05, 3.63) is 74.0 Å². The van der Waals surface area contributed by atoms with Crippen LogP contribution in [0.2, 0.25) is 5.02 Å². The molecule has 2 aromatic carbocycles. The van der Waals surface area contributed by atoms with E-state index in [1.54, 1.807) is 0 Å². The molecule has 9 heteroatoms. The molecule has 0 saturated carbocycles. The molecule has 28 heavy (non-hydrogen) atoms. The number of aryl methyl sites for hydroxylation is 2. The lowest BCUT2D eigenvalue weighted by atomic mass is 10.0. The van der Waals surface area contributed by atoms with Crippen LogP contribution in [0.15, 0.2) is 41.0 Å². The molecule has 8 nitrogen and oxygen atoms in total. The van der Waals surface area contributed by atoms with E-state index in [1.807, 2.05) is 19.9 Å². The Kier molecular flexibility index (Phi) is 5.32. The van der Waals surface area contributed by atoms with Gasteiger partial charge in [0.1, 0.15) is 5.58 Å². The summed E-state index contributed by atoms with van der Waals surface area (Å²) in [6.07, 6.45) is 1.47. The third kappa shape index (κ3) is 3.81. The molecular weight excluding hydrogens is 386 g/mol. The zero-order chi connectivity index (χ0) is 20.4. The number of nitro benzene ring substituents is 1. The van der Waals surface area contributed by atoms with Gasteiger partial charge in [-0.05, 0) is 43.2 Å². The minimum Gasteiger partial charge on any atom is -0.464 e. The summed E-state index contributed by atoms with van der Waals surface area (Å²) < 4.78 is 5.51. The standard InChI is InChI=1S/C19H16ClN3O5/c1-10-7-15-17(11(2)18(10)20)13(9-28-15)8-16(24)21-22-19(25)12-3-5-14(6-4-12)23(26)27/h3-7,9H,8H2,1-2H3,(H,21,24)(H,22,25). The predicted molar refractivity (Wildman–Crippen MR) is 103 cm³/mol. The monoisotopic (exact) mass is 401 g/mol. The number of hydrazine groups is 1. The first-order valence-electron chi connectivity index (χ1n) is 8.27. The van der Waals surface area contributed by atoms with Crippen LogP contribution in [0.4, 0.5) is 5.69 Å². The molecule has 0 radical (unpaired) electrons. The van der Waals surface area contributed by atoms with Gasteiger partial charge < -0.3 is 4.42 Å². The molecular formula is C19H16ClN3O5. The summed E-state index contributed by atoms with van der Waals surface area (Å²) in [5, 5.41) is 12.0. The van der Waals surface area contributed by atoms with E-state index in [0.717, 1.165) is 16.5 Å². The van der Waals surface area contributed by atoms with E-state index in [-0.39, 0.29) is 17.7 Å². The number of nitrogens with zero attached hydrogens (tertiary/aromatic N) is 1. The molecule has 2 amide bonds. The Morgan fingerprint density at radius 2 is 1.86 bits per heavy atom. The lowest BCUT2D eigenvalue weighted by Crippen LogP contribution is -2.42. The molecule has 0 aliphatic heterocycles. The van der Waals surface area contributed by atoms with Gasteiger partial charge >= 0.3 is 0 Å². The summed E-state index contributed by atoms with van der Waals surface area (Å²) in [6.45, 7) is 3.72. The first-order valence-corrected chi connectivity index (χ1v) is 8.65. The lowest BCUT2D eigenvalue weighted by Gasteiger charge is -2.08. The van der Waals surface area contributed by atoms with Crippen molar-refractivity contribution < 1.29 is 18.9 Å².